The van der Waals surface area contributed by atoms with Crippen LogP contribution in [0.25, 0.3) is 10.9 Å². The molecule has 0 spiro atoms. The van der Waals surface area contributed by atoms with Crippen molar-refractivity contribution in [3.05, 3.63) is 64.3 Å². The number of aryl methyl sites for hydroxylation is 1. The summed E-state index contributed by atoms with van der Waals surface area (Å²) in [6, 6.07) is 8.87. The number of aromatic amines is 1. The zero-order chi connectivity index (χ0) is 17.8. The zero-order valence-electron chi connectivity index (χ0n) is 14.3. The lowest BCUT2D eigenvalue weighted by Gasteiger charge is -2.11. The summed E-state index contributed by atoms with van der Waals surface area (Å²) in [4.78, 5) is 27.6. The van der Waals surface area contributed by atoms with Crippen LogP contribution in [0, 0.1) is 6.92 Å². The molecule has 0 radical (unpaired) electrons. The molecule has 0 unspecified atom stereocenters. The number of H-pyrrole nitrogens is 1. The van der Waals surface area contributed by atoms with Crippen molar-refractivity contribution in [2.75, 3.05) is 11.9 Å². The van der Waals surface area contributed by atoms with Gasteiger partial charge in [0.25, 0.3) is 0 Å². The van der Waals surface area contributed by atoms with Crippen molar-refractivity contribution in [1.82, 2.24) is 10.3 Å². The minimum Gasteiger partial charge on any atom is -0.469 e. The van der Waals surface area contributed by atoms with Gasteiger partial charge in [0.05, 0.1) is 11.8 Å². The quantitative estimate of drug-likeness (QED) is 0.661. The second-order valence-corrected chi connectivity index (χ2v) is 6.11. The first-order valence-electron chi connectivity index (χ1n) is 8.25. The summed E-state index contributed by atoms with van der Waals surface area (Å²) in [6.45, 7) is 4.45. The maximum Gasteiger partial charge on any atom is 0.319 e. The van der Waals surface area contributed by atoms with Crippen molar-refractivity contribution >= 4 is 22.6 Å². The number of carbonyl (C=O) groups is 1. The second kappa shape index (κ2) is 7.25. The zero-order valence-corrected chi connectivity index (χ0v) is 14.3. The summed E-state index contributed by atoms with van der Waals surface area (Å²) in [5.41, 5.74) is 1.80. The fourth-order valence-electron chi connectivity index (χ4n) is 2.78. The van der Waals surface area contributed by atoms with E-state index in [1.54, 1.807) is 12.3 Å². The van der Waals surface area contributed by atoms with Gasteiger partial charge in [-0.3, -0.25) is 4.79 Å². The van der Waals surface area contributed by atoms with E-state index in [-0.39, 0.29) is 17.0 Å². The van der Waals surface area contributed by atoms with E-state index >= 15 is 0 Å². The summed E-state index contributed by atoms with van der Waals surface area (Å²) in [5.74, 6) is 1.10. The lowest BCUT2D eigenvalue weighted by atomic mass is 10.1. The predicted molar refractivity (Wildman–Crippen MR) is 98.1 cm³/mol. The predicted octanol–water partition coefficient (Wildman–Crippen LogP) is 3.74. The molecule has 6 heteroatoms. The van der Waals surface area contributed by atoms with Gasteiger partial charge in [-0.1, -0.05) is 19.1 Å². The van der Waals surface area contributed by atoms with Gasteiger partial charge in [0.2, 0.25) is 5.43 Å². The van der Waals surface area contributed by atoms with Gasteiger partial charge in [0.15, 0.2) is 0 Å². The van der Waals surface area contributed by atoms with E-state index in [0.717, 1.165) is 23.3 Å². The molecule has 2 aromatic heterocycles. The van der Waals surface area contributed by atoms with Crippen LogP contribution in [0.5, 0.6) is 0 Å². The van der Waals surface area contributed by atoms with E-state index in [1.807, 2.05) is 38.1 Å². The van der Waals surface area contributed by atoms with Gasteiger partial charge in [-0.25, -0.2) is 4.79 Å². The molecule has 2 amide bonds. The Labute approximate surface area is 145 Å². The summed E-state index contributed by atoms with van der Waals surface area (Å²) in [5, 5.41) is 5.94. The summed E-state index contributed by atoms with van der Waals surface area (Å²) in [7, 11) is 0. The number of carbonyl (C=O) groups excluding carboxylic acids is 1. The molecule has 0 aliphatic rings. The third-order valence-electron chi connectivity index (χ3n) is 4.26. The van der Waals surface area contributed by atoms with Gasteiger partial charge in [-0.15, -0.1) is 0 Å². The number of pyridine rings is 1. The molecule has 130 valence electrons. The minimum absolute atomic E-state index is 0.198. The van der Waals surface area contributed by atoms with Crippen LogP contribution in [0.2, 0.25) is 0 Å². The third-order valence-corrected chi connectivity index (χ3v) is 4.26. The molecule has 0 saturated carbocycles. The summed E-state index contributed by atoms with van der Waals surface area (Å²) < 4.78 is 5.34. The van der Waals surface area contributed by atoms with Crippen molar-refractivity contribution < 1.29 is 9.21 Å². The van der Waals surface area contributed by atoms with E-state index in [1.165, 1.54) is 6.20 Å². The van der Waals surface area contributed by atoms with E-state index in [4.69, 9.17) is 4.42 Å². The normalized spacial score (nSPS) is 12.1. The number of aromatic nitrogens is 1. The number of fused-ring (bicyclic) bond motifs is 1. The van der Waals surface area contributed by atoms with Crippen molar-refractivity contribution in [1.29, 1.82) is 0 Å². The van der Waals surface area contributed by atoms with Crippen LogP contribution in [0.3, 0.4) is 0 Å². The van der Waals surface area contributed by atoms with Gasteiger partial charge in [0.1, 0.15) is 11.4 Å². The van der Waals surface area contributed by atoms with Gasteiger partial charge in [0, 0.05) is 24.0 Å². The molecular weight excluding hydrogens is 318 g/mol. The Kier molecular flexibility index (Phi) is 4.88. The molecule has 2 heterocycles. The number of furan rings is 1. The fourth-order valence-corrected chi connectivity index (χ4v) is 2.78. The lowest BCUT2D eigenvalue weighted by Crippen LogP contribution is -2.32. The number of anilines is 1. The number of benzene rings is 1. The second-order valence-electron chi connectivity index (χ2n) is 6.11. The van der Waals surface area contributed by atoms with E-state index in [2.05, 4.69) is 15.6 Å². The first kappa shape index (κ1) is 16.8. The molecule has 3 aromatic rings. The average molecular weight is 339 g/mol. The topological polar surface area (TPSA) is 87.1 Å². The highest BCUT2D eigenvalue weighted by Crippen LogP contribution is 2.18. The molecule has 0 fully saturated rings. The molecule has 6 nitrogen and oxygen atoms in total. The molecular formula is C19H21N3O3. The molecule has 3 rings (SSSR count). The average Bonchev–Trinajstić information content (AvgIpc) is 3.12. The first-order valence-corrected chi connectivity index (χ1v) is 8.25. The van der Waals surface area contributed by atoms with Crippen LogP contribution in [-0.2, 0) is 0 Å². The maximum atomic E-state index is 12.5. The van der Waals surface area contributed by atoms with Crippen molar-refractivity contribution in [2.24, 2.45) is 0 Å². The van der Waals surface area contributed by atoms with E-state index in [0.29, 0.717) is 11.9 Å². The highest BCUT2D eigenvalue weighted by Gasteiger charge is 2.11. The van der Waals surface area contributed by atoms with Crippen LogP contribution in [0.15, 0.2) is 52.0 Å². The number of rotatable bonds is 5. The Balaban J connectivity index is 1.60. The number of amides is 2. The van der Waals surface area contributed by atoms with Crippen molar-refractivity contribution in [2.45, 2.75) is 26.2 Å². The van der Waals surface area contributed by atoms with Crippen LogP contribution < -0.4 is 16.1 Å². The van der Waals surface area contributed by atoms with Crippen LogP contribution in [0.1, 0.15) is 30.6 Å². The van der Waals surface area contributed by atoms with E-state index in [9.17, 15) is 9.59 Å². The maximum absolute atomic E-state index is 12.5. The highest BCUT2D eigenvalue weighted by atomic mass is 16.3. The van der Waals surface area contributed by atoms with Crippen LogP contribution in [-0.4, -0.2) is 17.6 Å². The lowest BCUT2D eigenvalue weighted by molar-refractivity contribution is 0.251. The molecule has 0 bridgehead atoms. The number of para-hydroxylation sites is 1. The van der Waals surface area contributed by atoms with Gasteiger partial charge < -0.3 is 20.0 Å². The van der Waals surface area contributed by atoms with Gasteiger partial charge in [-0.2, -0.15) is 0 Å². The Hall–Kier alpha value is -3.02. The Morgan fingerprint density at radius 2 is 2.12 bits per heavy atom. The van der Waals surface area contributed by atoms with E-state index < -0.39 is 6.03 Å². The largest absolute Gasteiger partial charge is 0.469 e. The molecule has 25 heavy (non-hydrogen) atoms. The van der Waals surface area contributed by atoms with Crippen LogP contribution >= 0.6 is 0 Å². The first-order chi connectivity index (χ1) is 12.1. The number of nitrogens with one attached hydrogen (secondary N) is 3. The monoisotopic (exact) mass is 339 g/mol. The van der Waals surface area contributed by atoms with Gasteiger partial charge >= 0.3 is 6.03 Å². The summed E-state index contributed by atoms with van der Waals surface area (Å²) in [6.07, 6.45) is 3.91. The van der Waals surface area contributed by atoms with Crippen molar-refractivity contribution in [3.8, 4) is 0 Å². The van der Waals surface area contributed by atoms with Gasteiger partial charge in [-0.05, 0) is 37.1 Å². The van der Waals surface area contributed by atoms with Crippen molar-refractivity contribution in [3.63, 3.8) is 0 Å². The molecule has 3 N–H and O–H groups in total. The Bertz CT molecular complexity index is 929. The molecule has 0 aliphatic heterocycles. The number of hydrogen-bond donors (Lipinski definition) is 3. The Morgan fingerprint density at radius 3 is 2.88 bits per heavy atom. The minimum atomic E-state index is -0.399. The Morgan fingerprint density at radius 1 is 1.28 bits per heavy atom. The summed E-state index contributed by atoms with van der Waals surface area (Å²) >= 11 is 0. The number of hydrogen-bond acceptors (Lipinski definition) is 3. The molecule has 0 aliphatic carbocycles. The highest BCUT2D eigenvalue weighted by molar-refractivity contribution is 5.92. The fraction of sp³-hybridized carbons (Fsp3) is 0.263. The SMILES string of the molecule is Cc1cccc2c(=O)c(NC(=O)NCC[C@@H](C)c3ccco3)c[nH]c12. The smallest absolute Gasteiger partial charge is 0.319 e. The molecule has 1 atom stereocenters. The molecule has 0 saturated heterocycles. The van der Waals surface area contributed by atoms with Crippen LogP contribution in [0.4, 0.5) is 10.5 Å². The third kappa shape index (κ3) is 3.74. The molecule has 1 aromatic carbocycles. The number of urea groups is 1. The standard InChI is InChI=1S/C19H21N3O3/c1-12(16-7-4-10-25-16)8-9-20-19(24)22-15-11-21-17-13(2)5-3-6-14(17)18(15)23/h3-7,10-12H,8-9H2,1-2H3,(H,21,23)(H2,20,22,24)/t12-/m1/s1.